The molecule has 0 radical (unpaired) electrons. The molecule has 0 amide bonds. The van der Waals surface area contributed by atoms with E-state index in [4.69, 9.17) is 15.9 Å². The fourth-order valence-corrected chi connectivity index (χ4v) is 5.21. The molecule has 0 bridgehead atoms. The number of nitrogens with two attached hydrogens (primary N) is 1. The van der Waals surface area contributed by atoms with Crippen LogP contribution in [-0.4, -0.2) is 67.3 Å². The second-order valence-electron chi connectivity index (χ2n) is 8.92. The Bertz CT molecular complexity index is 905. The predicted octanol–water partition coefficient (Wildman–Crippen LogP) is 3.42. The summed E-state index contributed by atoms with van der Waals surface area (Å²) in [6.07, 6.45) is -2.09. The number of nitrogens with zero attached hydrogens (tertiary/aromatic N) is 2. The molecule has 3 fully saturated rings. The fraction of sp³-hybridized carbons (Fsp3) is 0.636. The molecule has 1 aliphatic heterocycles. The first-order valence-corrected chi connectivity index (χ1v) is 11.3. The van der Waals surface area contributed by atoms with Crippen molar-refractivity contribution in [3.05, 3.63) is 29.6 Å². The average Bonchev–Trinajstić information content (AvgIpc) is 3.37. The van der Waals surface area contributed by atoms with Crippen LogP contribution in [0.1, 0.15) is 24.8 Å². The minimum Gasteiger partial charge on any atom is -0.402 e. The summed E-state index contributed by atoms with van der Waals surface area (Å²) in [4.78, 5) is 6.12. The van der Waals surface area contributed by atoms with Gasteiger partial charge in [-0.2, -0.15) is 0 Å². The number of hydrogen-bond acceptors (Lipinski definition) is 7. The number of alkyl halides is 5. The van der Waals surface area contributed by atoms with E-state index in [1.165, 1.54) is 6.08 Å². The van der Waals surface area contributed by atoms with Crippen molar-refractivity contribution in [3.8, 4) is 5.75 Å². The maximum Gasteiger partial charge on any atom is 0.573 e. The summed E-state index contributed by atoms with van der Waals surface area (Å²) in [6.45, 7) is 2.78. The lowest BCUT2D eigenvalue weighted by Crippen LogP contribution is -2.37. The molecule has 0 unspecified atom stereocenters. The number of nitrogen functional groups attached to an aromatic ring is 1. The van der Waals surface area contributed by atoms with E-state index in [1.807, 2.05) is 0 Å². The summed E-state index contributed by atoms with van der Waals surface area (Å²) in [5, 5.41) is 11.1. The number of halogens is 5. The molecule has 2 aliphatic carbocycles. The molecule has 0 spiro atoms. The minimum atomic E-state index is -4.96. The van der Waals surface area contributed by atoms with Gasteiger partial charge in [0, 0.05) is 49.1 Å². The molecule has 1 aromatic heterocycles. The van der Waals surface area contributed by atoms with E-state index in [0.29, 0.717) is 30.2 Å². The van der Waals surface area contributed by atoms with Crippen LogP contribution >= 0.6 is 0 Å². The van der Waals surface area contributed by atoms with Crippen LogP contribution < -0.4 is 15.8 Å². The molecule has 2 heterocycles. The largest absolute Gasteiger partial charge is 0.573 e. The van der Waals surface area contributed by atoms with E-state index in [2.05, 4.69) is 19.9 Å². The summed E-state index contributed by atoms with van der Waals surface area (Å²) < 4.78 is 73.1. The molecular formula is C22H28F5N5O2. The number of ether oxygens (including phenoxy) is 2. The van der Waals surface area contributed by atoms with Crippen LogP contribution in [0.15, 0.2) is 24.0 Å². The van der Waals surface area contributed by atoms with Crippen molar-refractivity contribution in [2.75, 3.05) is 38.6 Å². The van der Waals surface area contributed by atoms with Crippen molar-refractivity contribution in [1.29, 1.82) is 5.41 Å². The third-order valence-electron chi connectivity index (χ3n) is 6.73. The zero-order valence-electron chi connectivity index (χ0n) is 18.5. The van der Waals surface area contributed by atoms with Crippen molar-refractivity contribution in [1.82, 2.24) is 15.2 Å². The maximum absolute atomic E-state index is 12.9. The van der Waals surface area contributed by atoms with Crippen LogP contribution in [-0.2, 0) is 4.74 Å². The number of allylic oxidation sites excluding steroid dienone is 2. The third kappa shape index (κ3) is 5.96. The first-order chi connectivity index (χ1) is 16.1. The van der Waals surface area contributed by atoms with Gasteiger partial charge in [-0.25, -0.2) is 13.8 Å². The van der Waals surface area contributed by atoms with Crippen LogP contribution in [0.3, 0.4) is 0 Å². The van der Waals surface area contributed by atoms with Crippen LogP contribution in [0.4, 0.5) is 27.8 Å². The van der Waals surface area contributed by atoms with Gasteiger partial charge < -0.3 is 25.9 Å². The smallest absolute Gasteiger partial charge is 0.402 e. The van der Waals surface area contributed by atoms with E-state index in [1.54, 1.807) is 0 Å². The Hall–Kier alpha value is -2.47. The van der Waals surface area contributed by atoms with Crippen LogP contribution in [0, 0.1) is 23.2 Å². The Kier molecular flexibility index (Phi) is 7.27. The Balaban J connectivity index is 1.46. The van der Waals surface area contributed by atoms with Gasteiger partial charge in [0.25, 0.3) is 6.43 Å². The van der Waals surface area contributed by atoms with Crippen molar-refractivity contribution in [3.63, 3.8) is 0 Å². The lowest BCUT2D eigenvalue weighted by atomic mass is 10.0. The predicted molar refractivity (Wildman–Crippen MR) is 115 cm³/mol. The van der Waals surface area contributed by atoms with E-state index in [-0.39, 0.29) is 17.2 Å². The molecule has 3 aliphatic rings. The number of fused-ring (bicyclic) bond motifs is 1. The van der Waals surface area contributed by atoms with Crippen LogP contribution in [0.2, 0.25) is 0 Å². The van der Waals surface area contributed by atoms with E-state index >= 15 is 0 Å². The van der Waals surface area contributed by atoms with Gasteiger partial charge in [-0.15, -0.1) is 13.2 Å². The summed E-state index contributed by atoms with van der Waals surface area (Å²) in [7, 11) is 0. The quantitative estimate of drug-likeness (QED) is 0.383. The van der Waals surface area contributed by atoms with Crippen molar-refractivity contribution >= 4 is 11.5 Å². The van der Waals surface area contributed by atoms with Crippen molar-refractivity contribution in [2.45, 2.75) is 38.1 Å². The normalized spacial score (nSPS) is 27.9. The van der Waals surface area contributed by atoms with Crippen LogP contribution in [0.5, 0.6) is 5.75 Å². The molecule has 2 saturated carbocycles. The second kappa shape index (κ2) is 10.0. The van der Waals surface area contributed by atoms with Gasteiger partial charge in [-0.05, 0) is 43.2 Å². The van der Waals surface area contributed by atoms with Gasteiger partial charge >= 0.3 is 6.36 Å². The highest BCUT2D eigenvalue weighted by Crippen LogP contribution is 2.61. The number of pyridine rings is 1. The molecule has 188 valence electrons. The summed E-state index contributed by atoms with van der Waals surface area (Å²) in [5.41, 5.74) is 5.84. The highest BCUT2D eigenvalue weighted by molar-refractivity contribution is 6.07. The lowest BCUT2D eigenvalue weighted by molar-refractivity contribution is -0.274. The van der Waals surface area contributed by atoms with Gasteiger partial charge in [-0.3, -0.25) is 4.90 Å². The number of aromatic nitrogens is 1. The molecule has 4 atom stereocenters. The van der Waals surface area contributed by atoms with Gasteiger partial charge in [0.15, 0.2) is 11.6 Å². The summed E-state index contributed by atoms with van der Waals surface area (Å²) >= 11 is 0. The zero-order valence-corrected chi connectivity index (χ0v) is 18.5. The molecular weight excluding hydrogens is 461 g/mol. The maximum atomic E-state index is 12.9. The zero-order chi connectivity index (χ0) is 24.5. The lowest BCUT2D eigenvalue weighted by Gasteiger charge is -2.29. The average molecular weight is 489 g/mol. The topological polar surface area (TPSA) is 96.5 Å². The number of rotatable bonds is 8. The van der Waals surface area contributed by atoms with E-state index in [9.17, 15) is 22.0 Å². The van der Waals surface area contributed by atoms with Gasteiger partial charge in [0.1, 0.15) is 0 Å². The van der Waals surface area contributed by atoms with Crippen molar-refractivity contribution < 1.29 is 31.4 Å². The molecule has 1 saturated heterocycles. The van der Waals surface area contributed by atoms with Crippen LogP contribution in [0.25, 0.3) is 0 Å². The SMILES string of the molecule is N=C(/C=C(\NCC(F)F)[C@H]1[C@@H]2C[C@@H](N3CCCOCC3)C[C@@H]21)c1cnc(N)c(OC(F)(F)F)c1. The molecule has 4 N–H and O–H groups in total. The third-order valence-corrected chi connectivity index (χ3v) is 6.73. The second-order valence-corrected chi connectivity index (χ2v) is 8.92. The van der Waals surface area contributed by atoms with Gasteiger partial charge in [0.2, 0.25) is 0 Å². The molecule has 1 aromatic rings. The summed E-state index contributed by atoms with van der Waals surface area (Å²) in [5.74, 6) is -0.501. The number of hydrogen-bond donors (Lipinski definition) is 3. The first-order valence-electron chi connectivity index (χ1n) is 11.3. The molecule has 12 heteroatoms. The Morgan fingerprint density at radius 3 is 2.71 bits per heavy atom. The Morgan fingerprint density at radius 1 is 1.29 bits per heavy atom. The number of nitrogens with one attached hydrogen (secondary N) is 2. The molecule has 0 aromatic carbocycles. The summed E-state index contributed by atoms with van der Waals surface area (Å²) in [6, 6.07) is 1.41. The minimum absolute atomic E-state index is 0.0196. The first kappa shape index (κ1) is 24.6. The monoisotopic (exact) mass is 489 g/mol. The van der Waals surface area contributed by atoms with E-state index in [0.717, 1.165) is 51.2 Å². The standard InChI is InChI=1S/C22H28F5N5O2/c23-19(24)11-30-17(9-16(28)12-6-18(21(29)31-10-12)34-22(25,26)27)20-14-7-13(8-15(14)20)32-2-1-4-33-5-3-32/h6,9-10,13-15,19-20,28,30H,1-5,7-8,11H2,(H2,29,31)/b17-9-,28-16?/t13-,14-,15+,20+. The molecule has 34 heavy (non-hydrogen) atoms. The van der Waals surface area contributed by atoms with Gasteiger partial charge in [0.05, 0.1) is 18.9 Å². The molecule has 7 nitrogen and oxygen atoms in total. The fourth-order valence-electron chi connectivity index (χ4n) is 5.21. The van der Waals surface area contributed by atoms with Gasteiger partial charge in [-0.1, -0.05) is 0 Å². The Labute approximate surface area is 194 Å². The molecule has 4 rings (SSSR count). The van der Waals surface area contributed by atoms with E-state index < -0.39 is 30.9 Å². The Morgan fingerprint density at radius 2 is 2.03 bits per heavy atom. The highest BCUT2D eigenvalue weighted by atomic mass is 19.4. The van der Waals surface area contributed by atoms with Crippen molar-refractivity contribution in [2.24, 2.45) is 17.8 Å². The number of anilines is 1. The highest BCUT2D eigenvalue weighted by Gasteiger charge is 2.58.